The van der Waals surface area contributed by atoms with E-state index in [1.165, 1.54) is 0 Å². The summed E-state index contributed by atoms with van der Waals surface area (Å²) in [5.74, 6) is -0.386. The second-order valence-corrected chi connectivity index (χ2v) is 4.31. The third-order valence-corrected chi connectivity index (χ3v) is 2.74. The van der Waals surface area contributed by atoms with E-state index in [2.05, 4.69) is 5.32 Å². The molecule has 0 saturated carbocycles. The number of aliphatic carboxylic acids is 1. The van der Waals surface area contributed by atoms with Crippen LogP contribution in [0.25, 0.3) is 0 Å². The molecule has 0 fully saturated rings. The fourth-order valence-electron chi connectivity index (χ4n) is 1.54. The molecule has 100 valence electrons. The molecule has 1 rings (SSSR count). The van der Waals surface area contributed by atoms with Crippen LogP contribution in [-0.4, -0.2) is 23.5 Å². The first-order valence-corrected chi connectivity index (χ1v) is 6.11. The minimum Gasteiger partial charge on any atom is -0.481 e. The van der Waals surface area contributed by atoms with Gasteiger partial charge in [0.25, 0.3) is 0 Å². The molecule has 0 bridgehead atoms. The normalized spacial score (nSPS) is 12.1. The predicted octanol–water partition coefficient (Wildman–Crippen LogP) is 1.83. The molecule has 1 aromatic rings. The molecular formula is C13H19NO4. The van der Waals surface area contributed by atoms with E-state index in [9.17, 15) is 9.59 Å². The highest BCUT2D eigenvalue weighted by atomic mass is 16.4. The molecule has 1 atom stereocenters. The molecule has 18 heavy (non-hydrogen) atoms. The molecule has 0 radical (unpaired) electrons. The van der Waals surface area contributed by atoms with Crippen LogP contribution >= 0.6 is 0 Å². The number of carbonyl (C=O) groups is 2. The molecule has 1 aromatic heterocycles. The van der Waals surface area contributed by atoms with Gasteiger partial charge in [-0.2, -0.15) is 0 Å². The lowest BCUT2D eigenvalue weighted by Crippen LogP contribution is -2.25. The van der Waals surface area contributed by atoms with Crippen LogP contribution in [0.15, 0.2) is 22.8 Å². The van der Waals surface area contributed by atoms with Gasteiger partial charge < -0.3 is 14.8 Å². The first-order chi connectivity index (χ1) is 8.59. The summed E-state index contributed by atoms with van der Waals surface area (Å²) < 4.78 is 5.12. The van der Waals surface area contributed by atoms with Crippen LogP contribution in [0.3, 0.4) is 0 Å². The molecular weight excluding hydrogens is 234 g/mol. The summed E-state index contributed by atoms with van der Waals surface area (Å²) >= 11 is 0. The Kier molecular flexibility index (Phi) is 5.97. The highest BCUT2D eigenvalue weighted by Gasteiger charge is 2.10. The predicted molar refractivity (Wildman–Crippen MR) is 66.1 cm³/mol. The molecule has 5 heteroatoms. The molecule has 1 unspecified atom stereocenters. The van der Waals surface area contributed by atoms with Crippen LogP contribution in [0.1, 0.15) is 31.9 Å². The van der Waals surface area contributed by atoms with Gasteiger partial charge in [-0.15, -0.1) is 0 Å². The quantitative estimate of drug-likeness (QED) is 0.693. The summed E-state index contributed by atoms with van der Waals surface area (Å²) in [4.78, 5) is 22.0. The number of hydrogen-bond acceptors (Lipinski definition) is 3. The number of carboxylic acid groups (broad SMARTS) is 1. The van der Waals surface area contributed by atoms with Crippen molar-refractivity contribution < 1.29 is 19.1 Å². The zero-order chi connectivity index (χ0) is 13.4. The third-order valence-electron chi connectivity index (χ3n) is 2.74. The fourth-order valence-corrected chi connectivity index (χ4v) is 1.54. The summed E-state index contributed by atoms with van der Waals surface area (Å²) in [6.07, 6.45) is 3.82. The summed E-state index contributed by atoms with van der Waals surface area (Å²) in [7, 11) is 0. The lowest BCUT2D eigenvalue weighted by atomic mass is 10.1. The molecule has 1 heterocycles. The first-order valence-electron chi connectivity index (χ1n) is 6.11. The van der Waals surface area contributed by atoms with E-state index >= 15 is 0 Å². The molecule has 0 aliphatic carbocycles. The number of carboxylic acids is 1. The molecule has 2 N–H and O–H groups in total. The van der Waals surface area contributed by atoms with Crippen molar-refractivity contribution in [3.8, 4) is 0 Å². The zero-order valence-corrected chi connectivity index (χ0v) is 10.5. The Morgan fingerprint density at radius 3 is 2.89 bits per heavy atom. The first kappa shape index (κ1) is 14.3. The Morgan fingerprint density at radius 1 is 1.50 bits per heavy atom. The van der Waals surface area contributed by atoms with Gasteiger partial charge in [0.2, 0.25) is 5.91 Å². The lowest BCUT2D eigenvalue weighted by molar-refractivity contribution is -0.141. The smallest absolute Gasteiger partial charge is 0.306 e. The summed E-state index contributed by atoms with van der Waals surface area (Å²) in [6.45, 7) is 2.19. The number of amides is 1. The van der Waals surface area contributed by atoms with Crippen LogP contribution in [-0.2, 0) is 16.0 Å². The minimum absolute atomic E-state index is 0.0330. The van der Waals surface area contributed by atoms with Crippen LogP contribution < -0.4 is 5.32 Å². The van der Waals surface area contributed by atoms with Crippen molar-refractivity contribution in [2.45, 2.75) is 32.6 Å². The van der Waals surface area contributed by atoms with E-state index in [4.69, 9.17) is 9.52 Å². The number of nitrogens with one attached hydrogen (secondary N) is 1. The van der Waals surface area contributed by atoms with Crippen LogP contribution in [0.5, 0.6) is 0 Å². The van der Waals surface area contributed by atoms with Gasteiger partial charge in [-0.1, -0.05) is 6.92 Å². The van der Waals surface area contributed by atoms with Crippen molar-refractivity contribution in [1.29, 1.82) is 0 Å². The van der Waals surface area contributed by atoms with E-state index in [-0.39, 0.29) is 11.8 Å². The number of furan rings is 1. The third kappa shape index (κ3) is 5.52. The monoisotopic (exact) mass is 253 g/mol. The van der Waals surface area contributed by atoms with E-state index in [0.29, 0.717) is 32.2 Å². The topological polar surface area (TPSA) is 79.5 Å². The molecule has 0 aliphatic heterocycles. The highest BCUT2D eigenvalue weighted by Crippen LogP contribution is 2.05. The van der Waals surface area contributed by atoms with Gasteiger partial charge in [-0.3, -0.25) is 9.59 Å². The van der Waals surface area contributed by atoms with Gasteiger partial charge in [0.05, 0.1) is 12.2 Å². The Bertz CT molecular complexity index is 372. The van der Waals surface area contributed by atoms with Gasteiger partial charge >= 0.3 is 5.97 Å². The molecule has 0 aliphatic rings. The standard InChI is InChI=1S/C13H19NO4/c1-10(13(16)17)4-2-8-14-12(15)7-6-11-5-3-9-18-11/h3,5,9-10H,2,4,6-8H2,1H3,(H,14,15)(H,16,17). The van der Waals surface area contributed by atoms with Crippen LogP contribution in [0.2, 0.25) is 0 Å². The average Bonchev–Trinajstić information content (AvgIpc) is 2.84. The van der Waals surface area contributed by atoms with Crippen molar-refractivity contribution in [3.05, 3.63) is 24.2 Å². The van der Waals surface area contributed by atoms with Gasteiger partial charge in [-0.05, 0) is 25.0 Å². The second kappa shape index (κ2) is 7.53. The number of aryl methyl sites for hydroxylation is 1. The molecule has 1 amide bonds. The van der Waals surface area contributed by atoms with Crippen molar-refractivity contribution in [2.75, 3.05) is 6.54 Å². The van der Waals surface area contributed by atoms with Crippen molar-refractivity contribution in [2.24, 2.45) is 5.92 Å². The molecule has 5 nitrogen and oxygen atoms in total. The average molecular weight is 253 g/mol. The van der Waals surface area contributed by atoms with E-state index in [1.54, 1.807) is 19.3 Å². The highest BCUT2D eigenvalue weighted by molar-refractivity contribution is 5.76. The summed E-state index contributed by atoms with van der Waals surface area (Å²) in [5, 5.41) is 11.4. The van der Waals surface area contributed by atoms with Gasteiger partial charge in [0.15, 0.2) is 0 Å². The van der Waals surface area contributed by atoms with E-state index in [1.807, 2.05) is 6.07 Å². The number of carbonyl (C=O) groups excluding carboxylic acids is 1. The van der Waals surface area contributed by atoms with Gasteiger partial charge in [0.1, 0.15) is 5.76 Å². The Labute approximate surface area is 106 Å². The molecule has 0 saturated heterocycles. The van der Waals surface area contributed by atoms with Gasteiger partial charge in [0, 0.05) is 19.4 Å². The molecule has 0 spiro atoms. The Balaban J connectivity index is 2.05. The van der Waals surface area contributed by atoms with Crippen LogP contribution in [0, 0.1) is 5.92 Å². The van der Waals surface area contributed by atoms with Crippen molar-refractivity contribution >= 4 is 11.9 Å². The molecule has 0 aromatic carbocycles. The Morgan fingerprint density at radius 2 is 2.28 bits per heavy atom. The van der Waals surface area contributed by atoms with Gasteiger partial charge in [-0.25, -0.2) is 0 Å². The maximum Gasteiger partial charge on any atom is 0.306 e. The second-order valence-electron chi connectivity index (χ2n) is 4.31. The van der Waals surface area contributed by atoms with Crippen LogP contribution in [0.4, 0.5) is 0 Å². The summed E-state index contributed by atoms with van der Waals surface area (Å²) in [5.41, 5.74) is 0. The zero-order valence-electron chi connectivity index (χ0n) is 10.5. The number of rotatable bonds is 8. The van der Waals surface area contributed by atoms with Crippen molar-refractivity contribution in [1.82, 2.24) is 5.32 Å². The fraction of sp³-hybridized carbons (Fsp3) is 0.538. The maximum absolute atomic E-state index is 11.4. The maximum atomic E-state index is 11.4. The Hall–Kier alpha value is -1.78. The summed E-state index contributed by atoms with van der Waals surface area (Å²) in [6, 6.07) is 3.63. The SMILES string of the molecule is CC(CCCNC(=O)CCc1ccco1)C(=O)O. The van der Waals surface area contributed by atoms with E-state index in [0.717, 1.165) is 5.76 Å². The van der Waals surface area contributed by atoms with Crippen molar-refractivity contribution in [3.63, 3.8) is 0 Å². The number of hydrogen-bond donors (Lipinski definition) is 2. The van der Waals surface area contributed by atoms with E-state index < -0.39 is 5.97 Å². The minimum atomic E-state index is -0.792. The largest absolute Gasteiger partial charge is 0.481 e. The lowest BCUT2D eigenvalue weighted by Gasteiger charge is -2.07.